The molecule has 0 heterocycles. The van der Waals surface area contributed by atoms with Gasteiger partial charge >= 0.3 is 6.18 Å². The molecule has 0 aromatic rings. The lowest BCUT2D eigenvalue weighted by molar-refractivity contribution is -0.173. The number of hydrogen-bond acceptors (Lipinski definition) is 2. The van der Waals surface area contributed by atoms with Gasteiger partial charge in [0, 0.05) is 6.21 Å². The molecule has 11 heavy (non-hydrogen) atoms. The highest BCUT2D eigenvalue weighted by atomic mass is 19.4. The number of oxime groups is 1. The Balaban J connectivity index is 3.42. The maximum absolute atomic E-state index is 11.4. The zero-order valence-electron chi connectivity index (χ0n) is 6.35. The second kappa shape index (κ2) is 4.20. The van der Waals surface area contributed by atoms with Crippen molar-refractivity contribution in [3.05, 3.63) is 0 Å². The van der Waals surface area contributed by atoms with Crippen molar-refractivity contribution < 1.29 is 18.0 Å². The largest absolute Gasteiger partial charge is 0.425 e. The van der Waals surface area contributed by atoms with Crippen LogP contribution in [0.3, 0.4) is 0 Å². The topological polar surface area (TPSA) is 21.6 Å². The quantitative estimate of drug-likeness (QED) is 0.468. The number of rotatable bonds is 3. The molecule has 0 bridgehead atoms. The molecule has 66 valence electrons. The molecule has 0 aliphatic rings. The third-order valence-electron chi connectivity index (χ3n) is 0.662. The molecule has 0 aromatic heterocycles. The summed E-state index contributed by atoms with van der Waals surface area (Å²) in [7, 11) is 0. The Morgan fingerprint density at radius 1 is 1.45 bits per heavy atom. The van der Waals surface area contributed by atoms with Crippen LogP contribution in [-0.4, -0.2) is 19.0 Å². The van der Waals surface area contributed by atoms with Crippen LogP contribution in [0.4, 0.5) is 13.2 Å². The summed E-state index contributed by atoms with van der Waals surface area (Å²) in [6.45, 7) is 2.26. The van der Waals surface area contributed by atoms with Gasteiger partial charge in [0.1, 0.15) is 0 Å². The van der Waals surface area contributed by atoms with Crippen LogP contribution in [0.5, 0.6) is 0 Å². The molecule has 2 nitrogen and oxygen atoms in total. The molecule has 0 amide bonds. The Kier molecular flexibility index (Phi) is 3.92. The normalized spacial score (nSPS) is 12.9. The highest BCUT2D eigenvalue weighted by Crippen LogP contribution is 2.14. The molecule has 0 spiro atoms. The lowest BCUT2D eigenvalue weighted by atomic mass is 10.3. The molecule has 0 aliphatic carbocycles. The Hall–Kier alpha value is -0.740. The van der Waals surface area contributed by atoms with Crippen molar-refractivity contribution in [2.24, 2.45) is 11.1 Å². The van der Waals surface area contributed by atoms with Gasteiger partial charge < -0.3 is 4.84 Å². The molecular formula is C6H10F3NO. The van der Waals surface area contributed by atoms with E-state index in [1.807, 2.05) is 0 Å². The summed E-state index contributed by atoms with van der Waals surface area (Å²) in [5, 5.41) is 3.11. The van der Waals surface area contributed by atoms with Gasteiger partial charge in [0.15, 0.2) is 0 Å². The molecule has 0 fully saturated rings. The van der Waals surface area contributed by atoms with Crippen molar-refractivity contribution in [1.82, 2.24) is 0 Å². The van der Waals surface area contributed by atoms with E-state index in [-0.39, 0.29) is 5.92 Å². The van der Waals surface area contributed by atoms with Crippen LogP contribution in [0.2, 0.25) is 0 Å². The van der Waals surface area contributed by atoms with E-state index in [0.717, 1.165) is 0 Å². The van der Waals surface area contributed by atoms with Crippen molar-refractivity contribution >= 4 is 6.21 Å². The second-order valence-electron chi connectivity index (χ2n) is 2.39. The van der Waals surface area contributed by atoms with Gasteiger partial charge in [-0.05, 0) is 5.92 Å². The predicted molar refractivity (Wildman–Crippen MR) is 35.3 cm³/mol. The molecule has 0 aromatic carbocycles. The van der Waals surface area contributed by atoms with Gasteiger partial charge in [-0.1, -0.05) is 19.0 Å². The van der Waals surface area contributed by atoms with E-state index in [9.17, 15) is 13.2 Å². The first kappa shape index (κ1) is 10.3. The standard InChI is InChI=1S/C6H10F3NO/c1-5(2)3-10-11-4-6(7,8)9/h3,5H,4H2,1-2H3. The maximum atomic E-state index is 11.4. The highest BCUT2D eigenvalue weighted by Gasteiger charge is 2.28. The number of hydrogen-bond donors (Lipinski definition) is 0. The van der Waals surface area contributed by atoms with Gasteiger partial charge in [-0.2, -0.15) is 13.2 Å². The van der Waals surface area contributed by atoms with Crippen molar-refractivity contribution in [1.29, 1.82) is 0 Å². The third-order valence-corrected chi connectivity index (χ3v) is 0.662. The Morgan fingerprint density at radius 2 is 2.00 bits per heavy atom. The zero-order chi connectivity index (χ0) is 8.91. The van der Waals surface area contributed by atoms with Gasteiger partial charge in [-0.15, -0.1) is 0 Å². The monoisotopic (exact) mass is 169 g/mol. The van der Waals surface area contributed by atoms with Crippen molar-refractivity contribution in [2.75, 3.05) is 6.61 Å². The molecule has 0 rings (SSSR count). The fourth-order valence-corrected chi connectivity index (χ4v) is 0.275. The van der Waals surface area contributed by atoms with Crippen LogP contribution in [-0.2, 0) is 4.84 Å². The molecule has 0 radical (unpaired) electrons. The van der Waals surface area contributed by atoms with Crippen LogP contribution >= 0.6 is 0 Å². The van der Waals surface area contributed by atoms with Crippen LogP contribution < -0.4 is 0 Å². The zero-order valence-corrected chi connectivity index (χ0v) is 6.35. The van der Waals surface area contributed by atoms with Gasteiger partial charge in [-0.25, -0.2) is 0 Å². The van der Waals surface area contributed by atoms with Crippen LogP contribution in [0.1, 0.15) is 13.8 Å². The summed E-state index contributed by atoms with van der Waals surface area (Å²) in [6.07, 6.45) is -2.99. The summed E-state index contributed by atoms with van der Waals surface area (Å²) in [4.78, 5) is 3.95. The SMILES string of the molecule is CC(C)C=NOCC(F)(F)F. The second-order valence-corrected chi connectivity index (χ2v) is 2.39. The first-order valence-electron chi connectivity index (χ1n) is 3.14. The number of nitrogens with zero attached hydrogens (tertiary/aromatic N) is 1. The van der Waals surface area contributed by atoms with Gasteiger partial charge in [0.25, 0.3) is 0 Å². The fraction of sp³-hybridized carbons (Fsp3) is 0.833. The van der Waals surface area contributed by atoms with E-state index >= 15 is 0 Å². The first-order valence-corrected chi connectivity index (χ1v) is 3.14. The first-order chi connectivity index (χ1) is 4.92. The third kappa shape index (κ3) is 9.26. The van der Waals surface area contributed by atoms with Crippen LogP contribution in [0, 0.1) is 5.92 Å². The summed E-state index contributed by atoms with van der Waals surface area (Å²) in [5.41, 5.74) is 0. The molecule has 0 saturated carbocycles. The van der Waals surface area contributed by atoms with Crippen molar-refractivity contribution in [2.45, 2.75) is 20.0 Å². The van der Waals surface area contributed by atoms with E-state index < -0.39 is 12.8 Å². The van der Waals surface area contributed by atoms with E-state index in [0.29, 0.717) is 0 Å². The maximum Gasteiger partial charge on any atom is 0.425 e. The summed E-state index contributed by atoms with van der Waals surface area (Å²) in [5.74, 6) is 0.100. The molecule has 0 unspecified atom stereocenters. The minimum Gasteiger partial charge on any atom is -0.386 e. The molecule has 5 heteroatoms. The smallest absolute Gasteiger partial charge is 0.386 e. The Morgan fingerprint density at radius 3 is 2.36 bits per heavy atom. The molecule has 0 aliphatic heterocycles. The van der Waals surface area contributed by atoms with E-state index in [1.54, 1.807) is 13.8 Å². The summed E-state index contributed by atoms with van der Waals surface area (Å²) < 4.78 is 34.1. The Bertz CT molecular complexity index is 130. The van der Waals surface area contributed by atoms with E-state index in [1.165, 1.54) is 6.21 Å². The van der Waals surface area contributed by atoms with Crippen molar-refractivity contribution in [3.8, 4) is 0 Å². The minimum absolute atomic E-state index is 0.100. The van der Waals surface area contributed by atoms with Gasteiger partial charge in [0.05, 0.1) is 0 Å². The predicted octanol–water partition coefficient (Wildman–Crippen LogP) is 2.21. The van der Waals surface area contributed by atoms with Crippen LogP contribution in [0.15, 0.2) is 5.16 Å². The number of halogens is 3. The lowest BCUT2D eigenvalue weighted by Gasteiger charge is -2.03. The average molecular weight is 169 g/mol. The highest BCUT2D eigenvalue weighted by molar-refractivity contribution is 5.58. The summed E-state index contributed by atoms with van der Waals surface area (Å²) >= 11 is 0. The fourth-order valence-electron chi connectivity index (χ4n) is 0.275. The molecular weight excluding hydrogens is 159 g/mol. The lowest BCUT2D eigenvalue weighted by Crippen LogP contribution is -2.15. The summed E-state index contributed by atoms with van der Waals surface area (Å²) in [6, 6.07) is 0. The Labute approximate surface area is 63.0 Å². The van der Waals surface area contributed by atoms with E-state index in [4.69, 9.17) is 0 Å². The minimum atomic E-state index is -4.30. The molecule has 0 N–H and O–H groups in total. The average Bonchev–Trinajstić information content (AvgIpc) is 1.78. The molecule has 0 atom stereocenters. The number of alkyl halides is 3. The van der Waals surface area contributed by atoms with E-state index in [2.05, 4.69) is 9.99 Å². The van der Waals surface area contributed by atoms with Crippen LogP contribution in [0.25, 0.3) is 0 Å². The van der Waals surface area contributed by atoms with Gasteiger partial charge in [0.2, 0.25) is 6.61 Å². The molecule has 0 saturated heterocycles. The van der Waals surface area contributed by atoms with Gasteiger partial charge in [-0.3, -0.25) is 0 Å². The van der Waals surface area contributed by atoms with Crippen molar-refractivity contribution in [3.63, 3.8) is 0 Å².